The van der Waals surface area contributed by atoms with Crippen LogP contribution in [0, 0.1) is 6.92 Å². The Balaban J connectivity index is 2.36. The third-order valence-electron chi connectivity index (χ3n) is 2.40. The highest BCUT2D eigenvalue weighted by Crippen LogP contribution is 2.26. The zero-order valence-corrected chi connectivity index (χ0v) is 9.58. The lowest BCUT2D eigenvalue weighted by molar-refractivity contribution is 0.622. The average Bonchev–Trinajstić information content (AvgIpc) is 2.79. The van der Waals surface area contributed by atoms with Gasteiger partial charge in [-0.2, -0.15) is 0 Å². The van der Waals surface area contributed by atoms with E-state index in [0.29, 0.717) is 0 Å². The molecule has 3 N–H and O–H groups in total. The summed E-state index contributed by atoms with van der Waals surface area (Å²) in [6, 6.07) is 2.07. The lowest BCUT2D eigenvalue weighted by atomic mass is 10.1. The van der Waals surface area contributed by atoms with E-state index in [4.69, 9.17) is 5.84 Å². The molecule has 2 rings (SSSR count). The van der Waals surface area contributed by atoms with Gasteiger partial charge in [0.05, 0.1) is 18.1 Å². The summed E-state index contributed by atoms with van der Waals surface area (Å²) in [5, 5.41) is 2.07. The zero-order chi connectivity index (χ0) is 10.8. The van der Waals surface area contributed by atoms with E-state index in [1.165, 1.54) is 10.4 Å². The monoisotopic (exact) mass is 222 g/mol. The van der Waals surface area contributed by atoms with E-state index in [2.05, 4.69) is 28.8 Å². The summed E-state index contributed by atoms with van der Waals surface area (Å²) < 4.78 is 1.92. The second-order valence-corrected chi connectivity index (χ2v) is 4.62. The van der Waals surface area contributed by atoms with Crippen molar-refractivity contribution in [3.63, 3.8) is 0 Å². The van der Waals surface area contributed by atoms with Crippen molar-refractivity contribution in [1.82, 2.24) is 15.0 Å². The minimum atomic E-state index is -0.0163. The number of nitrogens with two attached hydrogens (primary N) is 1. The van der Waals surface area contributed by atoms with Crippen LogP contribution in [0.2, 0.25) is 0 Å². The number of aromatic nitrogens is 2. The molecule has 2 heterocycles. The first kappa shape index (κ1) is 10.4. The number of hydrogen-bond acceptors (Lipinski definition) is 4. The van der Waals surface area contributed by atoms with Crippen LogP contribution in [0.1, 0.15) is 22.2 Å². The molecule has 2 aromatic heterocycles. The predicted molar refractivity (Wildman–Crippen MR) is 61.4 cm³/mol. The maximum atomic E-state index is 5.58. The van der Waals surface area contributed by atoms with Crippen molar-refractivity contribution in [1.29, 1.82) is 0 Å². The van der Waals surface area contributed by atoms with Crippen LogP contribution in [0.4, 0.5) is 0 Å². The summed E-state index contributed by atoms with van der Waals surface area (Å²) in [4.78, 5) is 5.58. The van der Waals surface area contributed by atoms with Crippen LogP contribution in [0.3, 0.4) is 0 Å². The third kappa shape index (κ3) is 1.94. The van der Waals surface area contributed by atoms with Gasteiger partial charge in [0.25, 0.3) is 0 Å². The fraction of sp³-hybridized carbons (Fsp3) is 0.300. The van der Waals surface area contributed by atoms with Crippen LogP contribution in [0.25, 0.3) is 0 Å². The van der Waals surface area contributed by atoms with Gasteiger partial charge in [0, 0.05) is 18.1 Å². The molecule has 0 aliphatic carbocycles. The Morgan fingerprint density at radius 1 is 1.60 bits per heavy atom. The summed E-state index contributed by atoms with van der Waals surface area (Å²) in [6.45, 7) is 2.09. The Morgan fingerprint density at radius 2 is 2.40 bits per heavy atom. The lowest BCUT2D eigenvalue weighted by Crippen LogP contribution is -2.29. The SMILES string of the molecule is Cc1sccc1C(NN)c1cn(C)cn1. The molecule has 0 fully saturated rings. The highest BCUT2D eigenvalue weighted by Gasteiger charge is 2.17. The van der Waals surface area contributed by atoms with Gasteiger partial charge in [-0.3, -0.25) is 5.84 Å². The van der Waals surface area contributed by atoms with Crippen LogP contribution in [-0.2, 0) is 7.05 Å². The van der Waals surface area contributed by atoms with Gasteiger partial charge in [-0.05, 0) is 23.9 Å². The van der Waals surface area contributed by atoms with Crippen LogP contribution >= 0.6 is 11.3 Å². The van der Waals surface area contributed by atoms with Gasteiger partial charge in [-0.15, -0.1) is 11.3 Å². The Bertz CT molecular complexity index is 446. The van der Waals surface area contributed by atoms with Crippen LogP contribution in [0.15, 0.2) is 24.0 Å². The molecular weight excluding hydrogens is 208 g/mol. The lowest BCUT2D eigenvalue weighted by Gasteiger charge is -2.13. The molecule has 4 nitrogen and oxygen atoms in total. The number of hydrazine groups is 1. The fourth-order valence-corrected chi connectivity index (χ4v) is 2.35. The third-order valence-corrected chi connectivity index (χ3v) is 3.26. The van der Waals surface area contributed by atoms with Gasteiger partial charge in [0.2, 0.25) is 0 Å². The second kappa shape index (κ2) is 4.14. The Hall–Kier alpha value is -1.17. The molecule has 0 aromatic carbocycles. The minimum Gasteiger partial charge on any atom is -0.340 e. The summed E-state index contributed by atoms with van der Waals surface area (Å²) in [6.07, 6.45) is 3.75. The van der Waals surface area contributed by atoms with Crippen molar-refractivity contribution in [2.24, 2.45) is 12.9 Å². The molecule has 80 valence electrons. The first-order chi connectivity index (χ1) is 7.22. The average molecular weight is 222 g/mol. The molecule has 2 aromatic rings. The van der Waals surface area contributed by atoms with E-state index in [0.717, 1.165) is 5.69 Å². The van der Waals surface area contributed by atoms with Crippen LogP contribution in [0.5, 0.6) is 0 Å². The molecule has 15 heavy (non-hydrogen) atoms. The quantitative estimate of drug-likeness (QED) is 0.608. The van der Waals surface area contributed by atoms with E-state index in [1.807, 2.05) is 17.8 Å². The summed E-state index contributed by atoms with van der Waals surface area (Å²) in [5.74, 6) is 5.58. The Labute approximate surface area is 92.7 Å². The number of nitrogens with one attached hydrogen (secondary N) is 1. The molecule has 0 bridgehead atoms. The van der Waals surface area contributed by atoms with E-state index in [1.54, 1.807) is 17.7 Å². The normalized spacial score (nSPS) is 13.0. The van der Waals surface area contributed by atoms with Gasteiger partial charge in [0.1, 0.15) is 0 Å². The summed E-state index contributed by atoms with van der Waals surface area (Å²) >= 11 is 1.72. The zero-order valence-electron chi connectivity index (χ0n) is 8.77. The number of hydrogen-bond donors (Lipinski definition) is 2. The van der Waals surface area contributed by atoms with Crippen LogP contribution < -0.4 is 11.3 Å². The molecule has 0 radical (unpaired) electrons. The van der Waals surface area contributed by atoms with E-state index < -0.39 is 0 Å². The maximum Gasteiger partial charge on any atom is 0.0947 e. The van der Waals surface area contributed by atoms with Gasteiger partial charge < -0.3 is 4.57 Å². The molecule has 0 saturated carbocycles. The smallest absolute Gasteiger partial charge is 0.0947 e. The van der Waals surface area contributed by atoms with Gasteiger partial charge >= 0.3 is 0 Å². The fourth-order valence-electron chi connectivity index (χ4n) is 1.61. The second-order valence-electron chi connectivity index (χ2n) is 3.50. The largest absolute Gasteiger partial charge is 0.340 e. The first-order valence-electron chi connectivity index (χ1n) is 4.70. The van der Waals surface area contributed by atoms with Crippen molar-refractivity contribution in [2.45, 2.75) is 13.0 Å². The Morgan fingerprint density at radius 3 is 2.87 bits per heavy atom. The van der Waals surface area contributed by atoms with Crippen molar-refractivity contribution in [3.8, 4) is 0 Å². The molecule has 0 saturated heterocycles. The molecule has 1 unspecified atom stereocenters. The first-order valence-corrected chi connectivity index (χ1v) is 5.58. The molecular formula is C10H14N4S. The molecule has 0 aliphatic rings. The molecule has 1 atom stereocenters. The summed E-state index contributed by atoms with van der Waals surface area (Å²) in [7, 11) is 1.95. The maximum absolute atomic E-state index is 5.58. The van der Waals surface area contributed by atoms with E-state index >= 15 is 0 Å². The van der Waals surface area contributed by atoms with Gasteiger partial charge in [-0.25, -0.2) is 10.4 Å². The van der Waals surface area contributed by atoms with E-state index in [-0.39, 0.29) is 6.04 Å². The van der Waals surface area contributed by atoms with Crippen molar-refractivity contribution >= 4 is 11.3 Å². The number of imidazole rings is 1. The molecule has 0 aliphatic heterocycles. The van der Waals surface area contributed by atoms with Gasteiger partial charge in [0.15, 0.2) is 0 Å². The van der Waals surface area contributed by atoms with Crippen molar-refractivity contribution in [2.75, 3.05) is 0 Å². The number of rotatable bonds is 3. The van der Waals surface area contributed by atoms with Gasteiger partial charge in [-0.1, -0.05) is 0 Å². The molecule has 0 spiro atoms. The molecule has 5 heteroatoms. The standard InChI is InChI=1S/C10H14N4S/c1-7-8(3-4-15-7)10(13-11)9-5-14(2)6-12-9/h3-6,10,13H,11H2,1-2H3. The number of aryl methyl sites for hydroxylation is 2. The summed E-state index contributed by atoms with van der Waals surface area (Å²) in [5.41, 5.74) is 4.95. The number of nitrogens with zero attached hydrogens (tertiary/aromatic N) is 2. The highest BCUT2D eigenvalue weighted by atomic mass is 32.1. The van der Waals surface area contributed by atoms with Crippen molar-refractivity contribution < 1.29 is 0 Å². The number of thiophene rings is 1. The topological polar surface area (TPSA) is 55.9 Å². The van der Waals surface area contributed by atoms with Crippen LogP contribution in [-0.4, -0.2) is 9.55 Å². The van der Waals surface area contributed by atoms with Crippen molar-refractivity contribution in [3.05, 3.63) is 40.1 Å². The van der Waals surface area contributed by atoms with E-state index in [9.17, 15) is 0 Å². The predicted octanol–water partition coefficient (Wildman–Crippen LogP) is 1.34. The molecule has 0 amide bonds. The highest BCUT2D eigenvalue weighted by molar-refractivity contribution is 7.10. The Kier molecular flexibility index (Phi) is 2.86. The minimum absolute atomic E-state index is 0.0163.